The molecule has 164 valence electrons. The lowest BCUT2D eigenvalue weighted by Crippen LogP contribution is -2.35. The van der Waals surface area contributed by atoms with E-state index in [2.05, 4.69) is 21.0 Å². The van der Waals surface area contributed by atoms with E-state index in [4.69, 9.17) is 4.52 Å². The summed E-state index contributed by atoms with van der Waals surface area (Å²) in [6.07, 6.45) is 0.655. The van der Waals surface area contributed by atoms with Crippen LogP contribution >= 0.6 is 0 Å². The minimum absolute atomic E-state index is 0.00284. The number of anilines is 2. The van der Waals surface area contributed by atoms with Crippen LogP contribution in [0.3, 0.4) is 0 Å². The second-order valence-corrected chi connectivity index (χ2v) is 7.02. The molecular formula is C21H18F3N6O2+. The summed E-state index contributed by atoms with van der Waals surface area (Å²) in [5.74, 6) is 0.0397. The molecule has 2 heterocycles. The van der Waals surface area contributed by atoms with Crippen LogP contribution in [0, 0.1) is 0 Å². The molecule has 0 radical (unpaired) electrons. The topological polar surface area (TPSA) is 88.9 Å². The van der Waals surface area contributed by atoms with Gasteiger partial charge in [0.2, 0.25) is 11.8 Å². The maximum absolute atomic E-state index is 12.8. The lowest BCUT2D eigenvalue weighted by Gasteiger charge is -2.09. The largest absolute Gasteiger partial charge is 0.416 e. The first-order valence-corrected chi connectivity index (χ1v) is 9.46. The van der Waals surface area contributed by atoms with Crippen molar-refractivity contribution in [3.63, 3.8) is 0 Å². The summed E-state index contributed by atoms with van der Waals surface area (Å²) < 4.78 is 46.7. The number of nitrogens with one attached hydrogen (secondary N) is 2. The smallest absolute Gasteiger partial charge is 0.308 e. The van der Waals surface area contributed by atoms with E-state index in [1.807, 2.05) is 37.5 Å². The third-order valence-corrected chi connectivity index (χ3v) is 4.50. The molecule has 8 nitrogen and oxygen atoms in total. The summed E-state index contributed by atoms with van der Waals surface area (Å²) in [5, 5.41) is 12.8. The van der Waals surface area contributed by atoms with Gasteiger partial charge in [0.25, 0.3) is 6.20 Å². The molecule has 0 saturated heterocycles. The molecule has 0 atom stereocenters. The highest BCUT2D eigenvalue weighted by Crippen LogP contribution is 2.30. The highest BCUT2D eigenvalue weighted by atomic mass is 19.4. The Labute approximate surface area is 180 Å². The molecule has 0 bridgehead atoms. The quantitative estimate of drug-likeness (QED) is 0.455. The number of nitrogens with zero attached hydrogens (tertiary/aromatic N) is 4. The van der Waals surface area contributed by atoms with E-state index in [-0.39, 0.29) is 11.6 Å². The molecule has 0 aliphatic rings. The zero-order chi connectivity index (χ0) is 22.7. The first-order valence-electron chi connectivity index (χ1n) is 9.46. The zero-order valence-corrected chi connectivity index (χ0v) is 16.8. The number of alkyl halides is 3. The Morgan fingerprint density at radius 1 is 1.12 bits per heavy atom. The lowest BCUT2D eigenvalue weighted by atomic mass is 10.1. The van der Waals surface area contributed by atoms with Gasteiger partial charge in [0.1, 0.15) is 0 Å². The van der Waals surface area contributed by atoms with Crippen LogP contribution in [-0.4, -0.2) is 21.1 Å². The maximum Gasteiger partial charge on any atom is 0.416 e. The van der Waals surface area contributed by atoms with Crippen LogP contribution < -0.4 is 15.3 Å². The van der Waals surface area contributed by atoms with E-state index in [0.717, 1.165) is 28.8 Å². The Morgan fingerprint density at radius 2 is 1.94 bits per heavy atom. The Kier molecular flexibility index (Phi) is 5.63. The van der Waals surface area contributed by atoms with Gasteiger partial charge in [0.05, 0.1) is 11.8 Å². The zero-order valence-electron chi connectivity index (χ0n) is 16.8. The van der Waals surface area contributed by atoms with Crippen molar-refractivity contribution in [3.05, 3.63) is 78.2 Å². The van der Waals surface area contributed by atoms with E-state index in [1.165, 1.54) is 23.0 Å². The van der Waals surface area contributed by atoms with Gasteiger partial charge in [-0.3, -0.25) is 14.5 Å². The third-order valence-electron chi connectivity index (χ3n) is 4.50. The molecule has 0 aliphatic heterocycles. The van der Waals surface area contributed by atoms with Crippen LogP contribution in [0.2, 0.25) is 0 Å². The molecule has 0 unspecified atom stereocenters. The molecule has 0 aliphatic carbocycles. The molecule has 0 spiro atoms. The standard InChI is InChI=1S/C21H17F3N6O2/c1-29-12-16(10-25-29)15-5-2-4-14(8-15)11-30-13-19(32-28-30)27-20(31)26-18-7-3-6-17(9-18)21(22,23)24/h2-10,12-13H,11H2,1H3,(H-,26,27,28,31)/p+1. The first kappa shape index (κ1) is 21.1. The predicted octanol–water partition coefficient (Wildman–Crippen LogP) is 4.07. The van der Waals surface area contributed by atoms with Crippen molar-refractivity contribution in [2.45, 2.75) is 12.7 Å². The molecule has 0 fully saturated rings. The Hall–Kier alpha value is -4.15. The monoisotopic (exact) mass is 443 g/mol. The van der Waals surface area contributed by atoms with Crippen molar-refractivity contribution in [3.8, 4) is 11.1 Å². The molecule has 2 amide bonds. The number of hydrogen-bond acceptors (Lipinski definition) is 4. The fraction of sp³-hybridized carbons (Fsp3) is 0.143. The van der Waals surface area contributed by atoms with Gasteiger partial charge < -0.3 is 5.32 Å². The number of rotatable bonds is 5. The Morgan fingerprint density at radius 3 is 2.69 bits per heavy atom. The number of aromatic nitrogens is 4. The first-order chi connectivity index (χ1) is 15.3. The summed E-state index contributed by atoms with van der Waals surface area (Å²) >= 11 is 0. The van der Waals surface area contributed by atoms with Gasteiger partial charge in [-0.1, -0.05) is 24.3 Å². The average molecular weight is 443 g/mol. The highest BCUT2D eigenvalue weighted by molar-refractivity contribution is 5.98. The summed E-state index contributed by atoms with van der Waals surface area (Å²) in [7, 11) is 1.84. The van der Waals surface area contributed by atoms with Crippen LogP contribution in [-0.2, 0) is 19.8 Å². The SMILES string of the molecule is Cn1cc(-c2cccc(C[n+]3cc(NC(=O)Nc4cccc(C(F)(F)F)c4)on3)c2)cn1. The second kappa shape index (κ2) is 8.53. The minimum atomic E-state index is -4.50. The molecule has 32 heavy (non-hydrogen) atoms. The van der Waals surface area contributed by atoms with Crippen molar-refractivity contribution >= 4 is 17.6 Å². The molecule has 2 aromatic carbocycles. The normalized spacial score (nSPS) is 11.4. The molecule has 0 saturated carbocycles. The van der Waals surface area contributed by atoms with Gasteiger partial charge in [-0.05, 0) is 34.5 Å². The van der Waals surface area contributed by atoms with Crippen LogP contribution in [0.15, 0.2) is 71.6 Å². The van der Waals surface area contributed by atoms with E-state index in [9.17, 15) is 18.0 Å². The third kappa shape index (κ3) is 5.12. The van der Waals surface area contributed by atoms with E-state index >= 15 is 0 Å². The number of carbonyl (C=O) groups excluding carboxylic acids is 1. The molecule has 11 heteroatoms. The summed E-state index contributed by atoms with van der Waals surface area (Å²) in [4.78, 5) is 12.1. The number of halogens is 3. The number of aryl methyl sites for hydroxylation is 1. The van der Waals surface area contributed by atoms with Crippen molar-refractivity contribution in [2.75, 3.05) is 10.6 Å². The van der Waals surface area contributed by atoms with Gasteiger partial charge >= 0.3 is 18.1 Å². The van der Waals surface area contributed by atoms with Gasteiger partial charge in [-0.15, -0.1) is 0 Å². The van der Waals surface area contributed by atoms with Crippen LogP contribution in [0.1, 0.15) is 11.1 Å². The fourth-order valence-electron chi connectivity index (χ4n) is 3.06. The van der Waals surface area contributed by atoms with Crippen molar-refractivity contribution in [1.82, 2.24) is 15.1 Å². The van der Waals surface area contributed by atoms with E-state index in [0.29, 0.717) is 6.54 Å². The highest BCUT2D eigenvalue weighted by Gasteiger charge is 2.30. The van der Waals surface area contributed by atoms with Gasteiger partial charge in [-0.25, -0.2) is 4.79 Å². The molecule has 2 aromatic heterocycles. The number of carbonyl (C=O) groups is 1. The van der Waals surface area contributed by atoms with Crippen molar-refractivity contribution in [1.29, 1.82) is 0 Å². The van der Waals surface area contributed by atoms with Crippen LogP contribution in [0.25, 0.3) is 11.1 Å². The summed E-state index contributed by atoms with van der Waals surface area (Å²) in [5.41, 5.74) is 2.06. The number of hydrogen-bond donors (Lipinski definition) is 2. The van der Waals surface area contributed by atoms with E-state index < -0.39 is 17.8 Å². The Balaban J connectivity index is 1.39. The van der Waals surface area contributed by atoms with Crippen molar-refractivity contribution in [2.24, 2.45) is 7.05 Å². The van der Waals surface area contributed by atoms with Crippen molar-refractivity contribution < 1.29 is 27.2 Å². The van der Waals surface area contributed by atoms with Crippen LogP contribution in [0.5, 0.6) is 0 Å². The van der Waals surface area contributed by atoms with Gasteiger partial charge in [0.15, 0.2) is 0 Å². The lowest BCUT2D eigenvalue weighted by molar-refractivity contribution is -0.754. The molecule has 4 rings (SSSR count). The van der Waals surface area contributed by atoms with Gasteiger partial charge in [0, 0.05) is 30.1 Å². The summed E-state index contributed by atoms with van der Waals surface area (Å²) in [6, 6.07) is 11.4. The molecular weight excluding hydrogens is 425 g/mol. The summed E-state index contributed by atoms with van der Waals surface area (Å²) in [6.45, 7) is 0.383. The average Bonchev–Trinajstić information content (AvgIpc) is 3.36. The predicted molar refractivity (Wildman–Crippen MR) is 109 cm³/mol. The maximum atomic E-state index is 12.8. The number of benzene rings is 2. The Bertz CT molecular complexity index is 1250. The number of urea groups is 1. The van der Waals surface area contributed by atoms with Crippen LogP contribution in [0.4, 0.5) is 29.5 Å². The van der Waals surface area contributed by atoms with Gasteiger partial charge in [-0.2, -0.15) is 18.3 Å². The molecule has 2 N–H and O–H groups in total. The van der Waals surface area contributed by atoms with E-state index in [1.54, 1.807) is 10.9 Å². The number of amides is 2. The fourth-order valence-corrected chi connectivity index (χ4v) is 3.06. The second-order valence-electron chi connectivity index (χ2n) is 7.02. The molecule has 4 aromatic rings. The minimum Gasteiger partial charge on any atom is -0.308 e.